The predicted octanol–water partition coefficient (Wildman–Crippen LogP) is 0.0000200. The maximum absolute atomic E-state index is 11.1. The molecule has 0 atom stereocenters. The number of carbonyl (C=O) groups is 1. The minimum atomic E-state index is -1.28. The molecule has 1 heterocycles. The van der Waals surface area contributed by atoms with E-state index in [1.54, 1.807) is 0 Å². The van der Waals surface area contributed by atoms with Gasteiger partial charge < -0.3 is 15.1 Å². The van der Waals surface area contributed by atoms with Crippen LogP contribution < -0.4 is 9.47 Å². The Balaban J connectivity index is 3.09. The Labute approximate surface area is 89.4 Å². The number of carboxylic acids is 1. The molecule has 8 heteroatoms. The van der Waals surface area contributed by atoms with Gasteiger partial charge in [0.25, 0.3) is 5.75 Å². The summed E-state index contributed by atoms with van der Waals surface area (Å²) < 4.78 is 5.00. The molecule has 0 amide bonds. The Hall–Kier alpha value is -2.38. The lowest BCUT2D eigenvalue weighted by Gasteiger charge is -2.05. The van der Waals surface area contributed by atoms with Gasteiger partial charge in [-0.25, -0.2) is 4.79 Å². The van der Waals surface area contributed by atoms with Crippen LogP contribution in [0.2, 0.25) is 0 Å². The van der Waals surface area contributed by atoms with Crippen LogP contribution >= 0.6 is 0 Å². The van der Waals surface area contributed by atoms with E-state index >= 15 is 0 Å². The number of aliphatic carboxylic acids is 1. The van der Waals surface area contributed by atoms with Gasteiger partial charge in [-0.3, -0.25) is 10.1 Å². The van der Waals surface area contributed by atoms with Crippen molar-refractivity contribution in [1.29, 1.82) is 0 Å². The molecule has 0 bridgehead atoms. The second-order valence-corrected chi connectivity index (χ2v) is 2.93. The minimum absolute atomic E-state index is 0.120. The number of pyridine rings is 1. The van der Waals surface area contributed by atoms with Crippen LogP contribution in [0.5, 0.6) is 5.75 Å². The van der Waals surface area contributed by atoms with Crippen molar-refractivity contribution < 1.29 is 24.3 Å². The summed E-state index contributed by atoms with van der Waals surface area (Å²) in [5, 5.41) is 30.1. The first-order valence-corrected chi connectivity index (χ1v) is 4.14. The lowest BCUT2D eigenvalue weighted by Crippen LogP contribution is -2.30. The fraction of sp³-hybridized carbons (Fsp3) is 0.250. The molecule has 0 saturated heterocycles. The summed E-state index contributed by atoms with van der Waals surface area (Å²) in [7, 11) is 0. The third-order valence-electron chi connectivity index (χ3n) is 1.73. The molecule has 1 aromatic rings. The highest BCUT2D eigenvalue weighted by Crippen LogP contribution is 2.25. The molecule has 1 aromatic heterocycles. The molecule has 0 aliphatic rings. The van der Waals surface area contributed by atoms with Crippen LogP contribution in [0.1, 0.15) is 5.69 Å². The Morgan fingerprint density at radius 2 is 2.31 bits per heavy atom. The van der Waals surface area contributed by atoms with Crippen LogP contribution in [0.3, 0.4) is 0 Å². The maximum Gasteiger partial charge on any atom is 0.341 e. The first kappa shape index (κ1) is 11.7. The zero-order chi connectivity index (χ0) is 12.3. The first-order chi connectivity index (χ1) is 7.41. The molecule has 16 heavy (non-hydrogen) atoms. The molecule has 8 nitrogen and oxygen atoms in total. The number of hydrogen-bond donors (Lipinski definition) is 1. The number of aromatic nitrogens is 1. The molecular weight excluding hydrogens is 220 g/mol. The zero-order valence-electron chi connectivity index (χ0n) is 8.24. The number of nitro groups is 1. The van der Waals surface area contributed by atoms with Crippen LogP contribution in [0, 0.1) is 22.2 Å². The highest BCUT2D eigenvalue weighted by atomic mass is 16.6. The number of carboxylic acid groups (broad SMARTS) is 1. The number of hydrogen-bond acceptors (Lipinski definition) is 5. The van der Waals surface area contributed by atoms with Gasteiger partial charge in [-0.2, -0.15) is 4.73 Å². The molecular formula is C8H8N2O6. The number of nitrogens with zero attached hydrogens (tertiary/aromatic N) is 2. The first-order valence-electron chi connectivity index (χ1n) is 4.14. The summed E-state index contributed by atoms with van der Waals surface area (Å²) in [5.74, 6) is -1.65. The molecule has 0 radical (unpaired) electrons. The van der Waals surface area contributed by atoms with Crippen molar-refractivity contribution in [3.8, 4) is 5.75 Å². The standard InChI is InChI=1S/C8H8N2O6/c1-5-2-6(10(14)15)7(3-9(5)13)16-4-8(11)12/h2-3H,4H2,1H3,(H,11,12). The van der Waals surface area contributed by atoms with Crippen molar-refractivity contribution in [2.24, 2.45) is 0 Å². The van der Waals surface area contributed by atoms with Crippen LogP contribution in [0.25, 0.3) is 0 Å². The van der Waals surface area contributed by atoms with Gasteiger partial charge in [0.2, 0.25) is 6.20 Å². The highest BCUT2D eigenvalue weighted by Gasteiger charge is 2.21. The van der Waals surface area contributed by atoms with Crippen LogP contribution in [0.15, 0.2) is 12.3 Å². The van der Waals surface area contributed by atoms with E-state index in [-0.39, 0.29) is 11.4 Å². The van der Waals surface area contributed by atoms with Crippen LogP contribution in [0.4, 0.5) is 5.69 Å². The van der Waals surface area contributed by atoms with Gasteiger partial charge in [0.15, 0.2) is 12.3 Å². The van der Waals surface area contributed by atoms with Gasteiger partial charge in [-0.05, 0) is 0 Å². The van der Waals surface area contributed by atoms with E-state index in [1.807, 2.05) is 0 Å². The van der Waals surface area contributed by atoms with Gasteiger partial charge in [-0.15, -0.1) is 0 Å². The minimum Gasteiger partial charge on any atom is -0.618 e. The number of aryl methyl sites for hydroxylation is 1. The molecule has 0 saturated carbocycles. The van der Waals surface area contributed by atoms with E-state index in [2.05, 4.69) is 4.74 Å². The van der Waals surface area contributed by atoms with Crippen molar-refractivity contribution in [2.45, 2.75) is 6.92 Å². The Morgan fingerprint density at radius 3 is 2.81 bits per heavy atom. The molecule has 0 spiro atoms. The second-order valence-electron chi connectivity index (χ2n) is 2.93. The normalized spacial score (nSPS) is 9.81. The Morgan fingerprint density at radius 1 is 1.69 bits per heavy atom. The van der Waals surface area contributed by atoms with E-state index in [0.29, 0.717) is 4.73 Å². The fourth-order valence-corrected chi connectivity index (χ4v) is 1.00. The third kappa shape index (κ3) is 2.56. The summed E-state index contributed by atoms with van der Waals surface area (Å²) in [6.07, 6.45) is 0.830. The Kier molecular flexibility index (Phi) is 3.24. The summed E-state index contributed by atoms with van der Waals surface area (Å²) in [6, 6.07) is 1.02. The molecule has 0 fully saturated rings. The summed E-state index contributed by atoms with van der Waals surface area (Å²) in [6.45, 7) is 0.644. The molecule has 0 aromatic carbocycles. The molecule has 86 valence electrons. The van der Waals surface area contributed by atoms with Crippen molar-refractivity contribution in [3.63, 3.8) is 0 Å². The largest absolute Gasteiger partial charge is 0.618 e. The quantitative estimate of drug-likeness (QED) is 0.335. The van der Waals surface area contributed by atoms with Crippen molar-refractivity contribution in [2.75, 3.05) is 6.61 Å². The zero-order valence-corrected chi connectivity index (χ0v) is 8.24. The summed E-state index contributed by atoms with van der Waals surface area (Å²) in [4.78, 5) is 20.1. The van der Waals surface area contributed by atoms with Gasteiger partial charge >= 0.3 is 11.7 Å². The fourth-order valence-electron chi connectivity index (χ4n) is 1.00. The molecule has 1 rings (SSSR count). The van der Waals surface area contributed by atoms with Crippen molar-refractivity contribution in [1.82, 2.24) is 0 Å². The average Bonchev–Trinajstić information content (AvgIpc) is 2.18. The molecule has 0 aliphatic carbocycles. The van der Waals surface area contributed by atoms with Crippen molar-refractivity contribution in [3.05, 3.63) is 33.3 Å². The summed E-state index contributed by atoms with van der Waals surface area (Å²) >= 11 is 0. The van der Waals surface area contributed by atoms with E-state index in [9.17, 15) is 20.1 Å². The Bertz CT molecular complexity index is 444. The van der Waals surface area contributed by atoms with Gasteiger partial charge in [-0.1, -0.05) is 0 Å². The van der Waals surface area contributed by atoms with E-state index in [1.165, 1.54) is 6.92 Å². The van der Waals surface area contributed by atoms with Crippen LogP contribution in [-0.2, 0) is 4.79 Å². The van der Waals surface area contributed by atoms with Crippen molar-refractivity contribution >= 4 is 11.7 Å². The monoisotopic (exact) mass is 228 g/mol. The highest BCUT2D eigenvalue weighted by molar-refractivity contribution is 5.68. The van der Waals surface area contributed by atoms with Crippen LogP contribution in [-0.4, -0.2) is 22.6 Å². The maximum atomic E-state index is 11.1. The lowest BCUT2D eigenvalue weighted by molar-refractivity contribution is -0.613. The predicted molar refractivity (Wildman–Crippen MR) is 49.9 cm³/mol. The summed E-state index contributed by atoms with van der Waals surface area (Å²) in [5.41, 5.74) is -0.319. The smallest absolute Gasteiger partial charge is 0.341 e. The average molecular weight is 228 g/mol. The SMILES string of the molecule is Cc1cc([N+](=O)[O-])c(OCC(=O)O)c[n+]1[O-]. The lowest BCUT2D eigenvalue weighted by atomic mass is 10.3. The van der Waals surface area contributed by atoms with Gasteiger partial charge in [0.05, 0.1) is 11.0 Å². The van der Waals surface area contributed by atoms with E-state index < -0.39 is 23.2 Å². The molecule has 0 unspecified atom stereocenters. The third-order valence-corrected chi connectivity index (χ3v) is 1.73. The van der Waals surface area contributed by atoms with Gasteiger partial charge in [0, 0.05) is 6.92 Å². The molecule has 0 aliphatic heterocycles. The van der Waals surface area contributed by atoms with E-state index in [4.69, 9.17) is 5.11 Å². The number of ether oxygens (including phenoxy) is 1. The second kappa shape index (κ2) is 4.43. The molecule has 1 N–H and O–H groups in total. The van der Waals surface area contributed by atoms with E-state index in [0.717, 1.165) is 12.3 Å². The topological polar surface area (TPSA) is 117 Å². The van der Waals surface area contributed by atoms with Gasteiger partial charge in [0.1, 0.15) is 0 Å². The number of rotatable bonds is 4.